The Labute approximate surface area is 121 Å². The minimum absolute atomic E-state index is 0.121. The molecular weight excluding hydrogens is 266 g/mol. The predicted octanol–water partition coefficient (Wildman–Crippen LogP) is 1.59. The maximum Gasteiger partial charge on any atom is 0.251 e. The van der Waals surface area contributed by atoms with Gasteiger partial charge in [0, 0.05) is 24.5 Å². The van der Waals surface area contributed by atoms with Crippen LogP contribution in [0.5, 0.6) is 0 Å². The summed E-state index contributed by atoms with van der Waals surface area (Å²) in [6.45, 7) is 0.456. The molecule has 3 rings (SSSR count). The Morgan fingerprint density at radius 1 is 1.14 bits per heavy atom. The van der Waals surface area contributed by atoms with E-state index in [1.165, 1.54) is 6.33 Å². The summed E-state index contributed by atoms with van der Waals surface area (Å²) in [6, 6.07) is 10.9. The van der Waals surface area contributed by atoms with Crippen molar-refractivity contribution in [3.05, 3.63) is 72.6 Å². The first-order valence-corrected chi connectivity index (χ1v) is 6.45. The zero-order chi connectivity index (χ0) is 14.5. The number of carbonyl (C=O) groups is 1. The highest BCUT2D eigenvalue weighted by molar-refractivity contribution is 5.94. The van der Waals surface area contributed by atoms with E-state index >= 15 is 0 Å². The van der Waals surface area contributed by atoms with Crippen LogP contribution in [0.4, 0.5) is 0 Å². The fourth-order valence-electron chi connectivity index (χ4n) is 1.89. The maximum absolute atomic E-state index is 12.0. The number of pyridine rings is 1. The fourth-order valence-corrected chi connectivity index (χ4v) is 1.89. The van der Waals surface area contributed by atoms with Gasteiger partial charge in [-0.1, -0.05) is 6.07 Å². The van der Waals surface area contributed by atoms with Gasteiger partial charge in [0.05, 0.1) is 5.69 Å². The average molecular weight is 279 g/mol. The summed E-state index contributed by atoms with van der Waals surface area (Å²) in [5.74, 6) is -0.121. The van der Waals surface area contributed by atoms with Gasteiger partial charge in [0.2, 0.25) is 0 Å². The average Bonchev–Trinajstić information content (AvgIpc) is 3.08. The number of amides is 1. The van der Waals surface area contributed by atoms with E-state index in [1.807, 2.05) is 24.3 Å². The monoisotopic (exact) mass is 279 g/mol. The van der Waals surface area contributed by atoms with Crippen LogP contribution in [0.25, 0.3) is 5.69 Å². The van der Waals surface area contributed by atoms with E-state index in [0.717, 1.165) is 11.3 Å². The number of rotatable bonds is 4. The van der Waals surface area contributed by atoms with Crippen LogP contribution in [-0.4, -0.2) is 25.7 Å². The molecule has 3 aromatic rings. The molecular formula is C15H13N5O. The summed E-state index contributed by atoms with van der Waals surface area (Å²) in [4.78, 5) is 19.9. The summed E-state index contributed by atoms with van der Waals surface area (Å²) in [7, 11) is 0. The number of nitrogens with zero attached hydrogens (tertiary/aromatic N) is 4. The van der Waals surface area contributed by atoms with Gasteiger partial charge in [-0.05, 0) is 35.9 Å². The zero-order valence-electron chi connectivity index (χ0n) is 11.2. The van der Waals surface area contributed by atoms with Gasteiger partial charge in [0.1, 0.15) is 12.7 Å². The molecule has 0 saturated carbocycles. The van der Waals surface area contributed by atoms with E-state index in [0.29, 0.717) is 12.1 Å². The summed E-state index contributed by atoms with van der Waals surface area (Å²) >= 11 is 0. The lowest BCUT2D eigenvalue weighted by Gasteiger charge is -2.06. The third-order valence-corrected chi connectivity index (χ3v) is 2.99. The van der Waals surface area contributed by atoms with Crippen LogP contribution in [-0.2, 0) is 6.54 Å². The summed E-state index contributed by atoms with van der Waals surface area (Å²) < 4.78 is 1.64. The normalized spacial score (nSPS) is 10.3. The molecule has 0 fully saturated rings. The molecule has 1 N–H and O–H groups in total. The van der Waals surface area contributed by atoms with Gasteiger partial charge in [-0.25, -0.2) is 9.67 Å². The number of carbonyl (C=O) groups excluding carboxylic acids is 1. The molecule has 0 aliphatic rings. The molecule has 0 unspecified atom stereocenters. The summed E-state index contributed by atoms with van der Waals surface area (Å²) in [6.07, 6.45) is 6.51. The van der Waals surface area contributed by atoms with E-state index in [4.69, 9.17) is 0 Å². The van der Waals surface area contributed by atoms with Crippen molar-refractivity contribution in [1.82, 2.24) is 25.1 Å². The lowest BCUT2D eigenvalue weighted by atomic mass is 10.2. The molecule has 0 radical (unpaired) electrons. The molecule has 0 spiro atoms. The first-order valence-electron chi connectivity index (χ1n) is 6.45. The predicted molar refractivity (Wildman–Crippen MR) is 76.8 cm³/mol. The van der Waals surface area contributed by atoms with Gasteiger partial charge in [-0.2, -0.15) is 5.10 Å². The van der Waals surface area contributed by atoms with Crippen molar-refractivity contribution in [1.29, 1.82) is 0 Å². The molecule has 0 saturated heterocycles. The topological polar surface area (TPSA) is 72.7 Å². The minimum Gasteiger partial charge on any atom is -0.348 e. The quantitative estimate of drug-likeness (QED) is 0.787. The van der Waals surface area contributed by atoms with Crippen LogP contribution >= 0.6 is 0 Å². The zero-order valence-corrected chi connectivity index (χ0v) is 11.2. The Hall–Kier alpha value is -3.02. The van der Waals surface area contributed by atoms with Crippen LogP contribution < -0.4 is 5.32 Å². The molecule has 104 valence electrons. The smallest absolute Gasteiger partial charge is 0.251 e. The van der Waals surface area contributed by atoms with Crippen LogP contribution in [0.3, 0.4) is 0 Å². The molecule has 0 aliphatic heterocycles. The van der Waals surface area contributed by atoms with Gasteiger partial charge in [-0.15, -0.1) is 0 Å². The Balaban J connectivity index is 1.65. The SMILES string of the molecule is O=C(NCc1cccnc1)c1ccc(-n2cncn2)cc1. The summed E-state index contributed by atoms with van der Waals surface area (Å²) in [5.41, 5.74) is 2.42. The van der Waals surface area contributed by atoms with Crippen molar-refractivity contribution in [2.75, 3.05) is 0 Å². The molecule has 21 heavy (non-hydrogen) atoms. The van der Waals surface area contributed by atoms with Crippen molar-refractivity contribution in [2.45, 2.75) is 6.54 Å². The highest BCUT2D eigenvalue weighted by Crippen LogP contribution is 2.08. The minimum atomic E-state index is -0.121. The van der Waals surface area contributed by atoms with Crippen LogP contribution in [0.15, 0.2) is 61.4 Å². The second-order valence-electron chi connectivity index (χ2n) is 4.43. The van der Waals surface area contributed by atoms with E-state index < -0.39 is 0 Å². The van der Waals surface area contributed by atoms with Crippen LogP contribution in [0.1, 0.15) is 15.9 Å². The van der Waals surface area contributed by atoms with E-state index in [-0.39, 0.29) is 5.91 Å². The van der Waals surface area contributed by atoms with Crippen molar-refractivity contribution >= 4 is 5.91 Å². The third kappa shape index (κ3) is 3.11. The van der Waals surface area contributed by atoms with E-state index in [1.54, 1.807) is 35.5 Å². The number of hydrogen-bond acceptors (Lipinski definition) is 4. The highest BCUT2D eigenvalue weighted by atomic mass is 16.1. The number of benzene rings is 1. The van der Waals surface area contributed by atoms with Gasteiger partial charge in [-0.3, -0.25) is 9.78 Å². The molecule has 0 atom stereocenters. The Morgan fingerprint density at radius 2 is 2.00 bits per heavy atom. The second kappa shape index (κ2) is 5.96. The largest absolute Gasteiger partial charge is 0.348 e. The van der Waals surface area contributed by atoms with Gasteiger partial charge >= 0.3 is 0 Å². The molecule has 6 nitrogen and oxygen atoms in total. The van der Waals surface area contributed by atoms with Gasteiger partial charge in [0.25, 0.3) is 5.91 Å². The number of aromatic nitrogens is 4. The molecule has 1 aromatic carbocycles. The molecule has 1 amide bonds. The number of nitrogens with one attached hydrogen (secondary N) is 1. The third-order valence-electron chi connectivity index (χ3n) is 2.99. The van der Waals surface area contributed by atoms with Crippen molar-refractivity contribution in [2.24, 2.45) is 0 Å². The molecule has 0 aliphatic carbocycles. The highest BCUT2D eigenvalue weighted by Gasteiger charge is 2.06. The van der Waals surface area contributed by atoms with E-state index in [9.17, 15) is 4.79 Å². The lowest BCUT2D eigenvalue weighted by Crippen LogP contribution is -2.22. The van der Waals surface area contributed by atoms with Crippen LogP contribution in [0.2, 0.25) is 0 Å². The second-order valence-corrected chi connectivity index (χ2v) is 4.43. The van der Waals surface area contributed by atoms with Crippen molar-refractivity contribution in [3.63, 3.8) is 0 Å². The molecule has 2 heterocycles. The maximum atomic E-state index is 12.0. The summed E-state index contributed by atoms with van der Waals surface area (Å²) in [5, 5.41) is 6.89. The van der Waals surface area contributed by atoms with E-state index in [2.05, 4.69) is 20.4 Å². The standard InChI is InChI=1S/C15H13N5O/c21-15(18-9-12-2-1-7-16-8-12)13-3-5-14(6-4-13)20-11-17-10-19-20/h1-8,10-11H,9H2,(H,18,21). The van der Waals surface area contributed by atoms with Crippen molar-refractivity contribution < 1.29 is 4.79 Å². The van der Waals surface area contributed by atoms with Crippen LogP contribution in [0, 0.1) is 0 Å². The Kier molecular flexibility index (Phi) is 3.68. The van der Waals surface area contributed by atoms with Gasteiger partial charge in [0.15, 0.2) is 0 Å². The first-order chi connectivity index (χ1) is 10.3. The fraction of sp³-hybridized carbons (Fsp3) is 0.0667. The Morgan fingerprint density at radius 3 is 2.67 bits per heavy atom. The Bertz CT molecular complexity index is 708. The first kappa shape index (κ1) is 13.0. The molecule has 0 bridgehead atoms. The molecule has 2 aromatic heterocycles. The lowest BCUT2D eigenvalue weighted by molar-refractivity contribution is 0.0951. The van der Waals surface area contributed by atoms with Crippen molar-refractivity contribution in [3.8, 4) is 5.69 Å². The van der Waals surface area contributed by atoms with Gasteiger partial charge < -0.3 is 5.32 Å². The molecule has 6 heteroatoms. The number of hydrogen-bond donors (Lipinski definition) is 1.